The molecule has 0 saturated carbocycles. The summed E-state index contributed by atoms with van der Waals surface area (Å²) >= 11 is 0. The third kappa shape index (κ3) is 4.88. The van der Waals surface area contributed by atoms with Gasteiger partial charge in [-0.1, -0.05) is 36.4 Å². The molecule has 222 valence electrons. The van der Waals surface area contributed by atoms with Crippen molar-refractivity contribution in [1.82, 2.24) is 14.7 Å². The van der Waals surface area contributed by atoms with Crippen molar-refractivity contribution in [1.29, 1.82) is 0 Å². The number of aliphatic hydroxyl groups excluding tert-OH is 2. The highest BCUT2D eigenvalue weighted by Gasteiger charge is 2.54. The normalized spacial score (nSPS) is 25.2. The van der Waals surface area contributed by atoms with Crippen LogP contribution in [0.4, 0.5) is 10.1 Å². The fourth-order valence-corrected chi connectivity index (χ4v) is 8.18. The first-order valence-corrected chi connectivity index (χ1v) is 15.5. The Morgan fingerprint density at radius 3 is 2.50 bits per heavy atom. The first-order valence-electron chi connectivity index (χ1n) is 15.5. The van der Waals surface area contributed by atoms with Gasteiger partial charge in [0.1, 0.15) is 11.4 Å². The third-order valence-electron chi connectivity index (χ3n) is 10.3. The number of aliphatic hydroxyl groups is 2. The van der Waals surface area contributed by atoms with E-state index < -0.39 is 11.6 Å². The Hall–Kier alpha value is -3.04. The van der Waals surface area contributed by atoms with Crippen LogP contribution in [0.25, 0.3) is 10.8 Å². The van der Waals surface area contributed by atoms with Gasteiger partial charge in [-0.15, -0.1) is 0 Å². The van der Waals surface area contributed by atoms with E-state index in [1.54, 1.807) is 12.1 Å². The topological polar surface area (TPSA) is 70.5 Å². The molecule has 1 amide bonds. The summed E-state index contributed by atoms with van der Waals surface area (Å²) in [6.07, 6.45) is 3.72. The quantitative estimate of drug-likeness (QED) is 0.449. The van der Waals surface area contributed by atoms with E-state index in [1.807, 2.05) is 4.90 Å². The van der Waals surface area contributed by atoms with Crippen LogP contribution < -0.4 is 4.90 Å². The zero-order chi connectivity index (χ0) is 28.8. The number of carbonyl (C=O) groups excluding carboxylic acids is 1. The summed E-state index contributed by atoms with van der Waals surface area (Å²) in [6, 6.07) is 19.9. The van der Waals surface area contributed by atoms with Crippen molar-refractivity contribution in [2.24, 2.45) is 5.92 Å². The van der Waals surface area contributed by atoms with Crippen LogP contribution in [-0.2, 0) is 11.2 Å². The molecule has 1 aliphatic carbocycles. The molecule has 1 spiro atoms. The van der Waals surface area contributed by atoms with Gasteiger partial charge >= 0.3 is 0 Å². The zero-order valence-corrected chi connectivity index (χ0v) is 24.2. The number of halogens is 1. The molecule has 3 saturated heterocycles. The minimum atomic E-state index is -0.710. The van der Waals surface area contributed by atoms with Crippen molar-refractivity contribution < 1.29 is 19.4 Å². The van der Waals surface area contributed by atoms with Gasteiger partial charge in [0.25, 0.3) is 0 Å². The third-order valence-corrected chi connectivity index (χ3v) is 10.3. The molecule has 7 rings (SSSR count). The summed E-state index contributed by atoms with van der Waals surface area (Å²) < 4.78 is 13.9. The molecule has 3 aromatic rings. The average Bonchev–Trinajstić information content (AvgIpc) is 3.51. The van der Waals surface area contributed by atoms with E-state index >= 15 is 0 Å². The van der Waals surface area contributed by atoms with Gasteiger partial charge in [0.05, 0.1) is 12.8 Å². The van der Waals surface area contributed by atoms with E-state index in [1.165, 1.54) is 34.0 Å². The van der Waals surface area contributed by atoms with Crippen LogP contribution >= 0.6 is 0 Å². The van der Waals surface area contributed by atoms with Crippen LogP contribution in [0, 0.1) is 11.7 Å². The van der Waals surface area contributed by atoms with Crippen LogP contribution in [0.15, 0.2) is 60.7 Å². The smallest absolute Gasteiger partial charge is 0.250 e. The van der Waals surface area contributed by atoms with Crippen molar-refractivity contribution in [2.75, 3.05) is 57.4 Å². The Labute approximate surface area is 247 Å². The minimum absolute atomic E-state index is 0.0641. The second kappa shape index (κ2) is 11.2. The number of rotatable bonds is 7. The van der Waals surface area contributed by atoms with E-state index in [2.05, 4.69) is 51.1 Å². The Morgan fingerprint density at radius 2 is 1.74 bits per heavy atom. The molecule has 4 aliphatic rings. The molecule has 3 aliphatic heterocycles. The second-order valence-electron chi connectivity index (χ2n) is 12.8. The van der Waals surface area contributed by atoms with Gasteiger partial charge in [-0.25, -0.2) is 4.39 Å². The fraction of sp³-hybridized carbons (Fsp3) is 0.500. The van der Waals surface area contributed by atoms with Gasteiger partial charge in [-0.05, 0) is 90.7 Å². The number of nitrogens with zero attached hydrogens (tertiary/aromatic N) is 4. The largest absolute Gasteiger partial charge is 0.396 e. The molecule has 7 nitrogen and oxygen atoms in total. The molecule has 3 atom stereocenters. The first kappa shape index (κ1) is 27.8. The van der Waals surface area contributed by atoms with E-state index in [-0.39, 0.29) is 30.8 Å². The van der Waals surface area contributed by atoms with E-state index in [0.717, 1.165) is 51.1 Å². The van der Waals surface area contributed by atoms with Crippen molar-refractivity contribution in [3.8, 4) is 0 Å². The van der Waals surface area contributed by atoms with Gasteiger partial charge < -0.3 is 24.9 Å². The van der Waals surface area contributed by atoms with Crippen molar-refractivity contribution in [3.05, 3.63) is 77.6 Å². The van der Waals surface area contributed by atoms with E-state index in [9.17, 15) is 19.4 Å². The molecule has 42 heavy (non-hydrogen) atoms. The van der Waals surface area contributed by atoms with Crippen molar-refractivity contribution >= 4 is 22.4 Å². The first-order chi connectivity index (χ1) is 20.4. The summed E-state index contributed by atoms with van der Waals surface area (Å²) in [5.41, 5.74) is 2.92. The Bertz CT molecular complexity index is 1440. The highest BCUT2D eigenvalue weighted by atomic mass is 19.1. The predicted octanol–water partition coefficient (Wildman–Crippen LogP) is 3.78. The molecular weight excluding hydrogens is 531 g/mol. The molecule has 3 unspecified atom stereocenters. The van der Waals surface area contributed by atoms with E-state index in [0.29, 0.717) is 32.1 Å². The highest BCUT2D eigenvalue weighted by Crippen LogP contribution is 2.45. The zero-order valence-electron chi connectivity index (χ0n) is 24.2. The van der Waals surface area contributed by atoms with E-state index in [4.69, 9.17) is 0 Å². The number of hydrogen-bond donors (Lipinski definition) is 2. The maximum Gasteiger partial charge on any atom is 0.250 e. The van der Waals surface area contributed by atoms with Crippen molar-refractivity contribution in [2.45, 2.75) is 49.8 Å². The SMILES string of the molecule is O=C1N(CC(O)CN2CCCC(CO)C2)CN(c2ccc(F)cc2)C12CCN(C1Cc3cccc4cccc1c34)CC2. The fourth-order valence-electron chi connectivity index (χ4n) is 8.18. The molecular formula is C34H41FN4O3. The molecule has 3 heterocycles. The number of amides is 1. The van der Waals surface area contributed by atoms with Crippen LogP contribution in [0.5, 0.6) is 0 Å². The minimum Gasteiger partial charge on any atom is -0.396 e. The maximum atomic E-state index is 14.3. The summed E-state index contributed by atoms with van der Waals surface area (Å²) in [7, 11) is 0. The summed E-state index contributed by atoms with van der Waals surface area (Å²) in [5, 5.41) is 23.4. The maximum absolute atomic E-state index is 14.3. The second-order valence-corrected chi connectivity index (χ2v) is 12.8. The summed E-state index contributed by atoms with van der Waals surface area (Å²) in [6.45, 7) is 4.59. The standard InChI is InChI=1S/C34H41FN4O3/c35-27-9-11-28(12-10-27)39-23-38(21-29(41)20-36-15-3-4-24(19-36)22-40)33(42)34(39)13-16-37(17-14-34)31-18-26-7-1-5-25-6-2-8-30(31)32(25)26/h1-2,5-12,24,29,31,40-41H,3-4,13-23H2. The van der Waals surface area contributed by atoms with Crippen molar-refractivity contribution in [3.63, 3.8) is 0 Å². The van der Waals surface area contributed by atoms with Crippen LogP contribution in [-0.4, -0.2) is 95.0 Å². The molecule has 2 N–H and O–H groups in total. The van der Waals surface area contributed by atoms with Gasteiger partial charge in [0.2, 0.25) is 5.91 Å². The molecule has 3 fully saturated rings. The molecule has 3 aromatic carbocycles. The summed E-state index contributed by atoms with van der Waals surface area (Å²) in [5.74, 6) is 0.0220. The van der Waals surface area contributed by atoms with Crippen LogP contribution in [0.3, 0.4) is 0 Å². The summed E-state index contributed by atoms with van der Waals surface area (Å²) in [4.78, 5) is 23.0. The number of likely N-dealkylation sites (tertiary alicyclic amines) is 2. The molecule has 8 heteroatoms. The van der Waals surface area contributed by atoms with Crippen LogP contribution in [0.1, 0.15) is 42.9 Å². The van der Waals surface area contributed by atoms with Gasteiger partial charge in [0, 0.05) is 51.1 Å². The highest BCUT2D eigenvalue weighted by molar-refractivity contribution is 5.94. The Kier molecular flexibility index (Phi) is 7.42. The lowest BCUT2D eigenvalue weighted by molar-refractivity contribution is -0.135. The number of hydrogen-bond acceptors (Lipinski definition) is 6. The average molecular weight is 573 g/mol. The molecule has 0 bridgehead atoms. The lowest BCUT2D eigenvalue weighted by atomic mass is 9.84. The number of carbonyl (C=O) groups is 1. The number of anilines is 1. The molecule has 0 aromatic heterocycles. The van der Waals surface area contributed by atoms with Gasteiger partial charge in [-0.2, -0.15) is 0 Å². The van der Waals surface area contributed by atoms with Gasteiger partial charge in [0.15, 0.2) is 0 Å². The predicted molar refractivity (Wildman–Crippen MR) is 162 cm³/mol. The number of piperidine rings is 2. The lowest BCUT2D eigenvalue weighted by Crippen LogP contribution is -2.57. The monoisotopic (exact) mass is 572 g/mol. The van der Waals surface area contributed by atoms with Crippen LogP contribution in [0.2, 0.25) is 0 Å². The Morgan fingerprint density at radius 1 is 0.976 bits per heavy atom. The number of benzene rings is 3. The Balaban J connectivity index is 1.09. The molecule has 0 radical (unpaired) electrons. The lowest BCUT2D eigenvalue weighted by Gasteiger charge is -2.45. The number of β-amino-alcohol motifs (C(OH)–C–C–N with tert-alkyl or cyclic N) is 1. The van der Waals surface area contributed by atoms with Gasteiger partial charge in [-0.3, -0.25) is 9.69 Å².